The molecule has 0 radical (unpaired) electrons. The Balaban J connectivity index is 1.42. The molecule has 2 N–H and O–H groups in total. The molecule has 30 heavy (non-hydrogen) atoms. The first kappa shape index (κ1) is 21.8. The molecule has 0 aliphatic carbocycles. The lowest BCUT2D eigenvalue weighted by Crippen LogP contribution is -2.33. The van der Waals surface area contributed by atoms with E-state index in [-0.39, 0.29) is 24.8 Å². The topological polar surface area (TPSA) is 98.2 Å². The average Bonchev–Trinajstić information content (AvgIpc) is 3.15. The van der Waals surface area contributed by atoms with Gasteiger partial charge in [-0.05, 0) is 48.9 Å². The molecule has 1 aliphatic heterocycles. The van der Waals surface area contributed by atoms with E-state index < -0.39 is 5.79 Å². The van der Waals surface area contributed by atoms with Crippen LogP contribution in [-0.4, -0.2) is 43.6 Å². The van der Waals surface area contributed by atoms with Crippen LogP contribution in [0.2, 0.25) is 5.02 Å². The standard InChI is InChI=1S/C21H22ClN3O5/c1-21(29-10-11-30-21)12-19(26)25-23-13-15-6-8-16(9-7-15)28-14-20(27)24-18-5-3-2-4-17(18)22/h2-9,13H,10-12,14H2,1H3,(H,24,27)(H,25,26)/b23-13-. The molecule has 2 aromatic rings. The minimum Gasteiger partial charge on any atom is -0.484 e. The van der Waals surface area contributed by atoms with Crippen molar-refractivity contribution in [1.29, 1.82) is 0 Å². The number of hydrogen-bond donors (Lipinski definition) is 2. The molecule has 1 heterocycles. The smallest absolute Gasteiger partial charge is 0.262 e. The van der Waals surface area contributed by atoms with Gasteiger partial charge in [0.25, 0.3) is 5.91 Å². The van der Waals surface area contributed by atoms with Gasteiger partial charge in [-0.15, -0.1) is 0 Å². The van der Waals surface area contributed by atoms with Crippen LogP contribution in [0.4, 0.5) is 5.69 Å². The van der Waals surface area contributed by atoms with Crippen LogP contribution in [0.15, 0.2) is 53.6 Å². The van der Waals surface area contributed by atoms with Crippen molar-refractivity contribution in [2.75, 3.05) is 25.1 Å². The number of nitrogens with zero attached hydrogens (tertiary/aromatic N) is 1. The second-order valence-corrected chi connectivity index (χ2v) is 7.09. The van der Waals surface area contributed by atoms with Gasteiger partial charge in [0.05, 0.1) is 36.6 Å². The van der Waals surface area contributed by atoms with Crippen molar-refractivity contribution in [1.82, 2.24) is 5.43 Å². The van der Waals surface area contributed by atoms with E-state index in [0.717, 1.165) is 5.56 Å². The Kier molecular flexibility index (Phi) is 7.40. The average molecular weight is 432 g/mol. The summed E-state index contributed by atoms with van der Waals surface area (Å²) >= 11 is 6.01. The lowest BCUT2D eigenvalue weighted by atomic mass is 10.2. The molecule has 1 saturated heterocycles. The predicted molar refractivity (Wildman–Crippen MR) is 113 cm³/mol. The van der Waals surface area contributed by atoms with E-state index >= 15 is 0 Å². The SMILES string of the molecule is CC1(CC(=O)N/N=C\c2ccc(OCC(=O)Nc3ccccc3Cl)cc2)OCCO1. The number of anilines is 1. The summed E-state index contributed by atoms with van der Waals surface area (Å²) in [5.74, 6) is -0.994. The Hall–Kier alpha value is -2.94. The summed E-state index contributed by atoms with van der Waals surface area (Å²) in [5, 5.41) is 7.06. The normalized spacial score (nSPS) is 15.1. The van der Waals surface area contributed by atoms with E-state index in [1.54, 1.807) is 55.5 Å². The van der Waals surface area contributed by atoms with Crippen LogP contribution >= 0.6 is 11.6 Å². The van der Waals surface area contributed by atoms with E-state index in [9.17, 15) is 9.59 Å². The number of amides is 2. The fourth-order valence-electron chi connectivity index (χ4n) is 2.72. The molecule has 1 fully saturated rings. The van der Waals surface area contributed by atoms with E-state index in [0.29, 0.717) is 29.7 Å². The maximum atomic E-state index is 12.0. The van der Waals surface area contributed by atoms with Crippen LogP contribution in [0.25, 0.3) is 0 Å². The summed E-state index contributed by atoms with van der Waals surface area (Å²) in [5.41, 5.74) is 3.72. The summed E-state index contributed by atoms with van der Waals surface area (Å²) in [6.45, 7) is 2.51. The van der Waals surface area contributed by atoms with Gasteiger partial charge in [-0.25, -0.2) is 5.43 Å². The first-order valence-corrected chi connectivity index (χ1v) is 9.68. The Morgan fingerprint density at radius 2 is 1.83 bits per heavy atom. The number of hydrazone groups is 1. The van der Waals surface area contributed by atoms with E-state index in [2.05, 4.69) is 15.8 Å². The monoisotopic (exact) mass is 431 g/mol. The highest BCUT2D eigenvalue weighted by Gasteiger charge is 2.33. The number of para-hydroxylation sites is 1. The number of carbonyl (C=O) groups is 2. The van der Waals surface area contributed by atoms with Crippen molar-refractivity contribution >= 4 is 35.3 Å². The van der Waals surface area contributed by atoms with Crippen molar-refractivity contribution in [2.45, 2.75) is 19.1 Å². The van der Waals surface area contributed by atoms with Gasteiger partial charge < -0.3 is 19.5 Å². The quantitative estimate of drug-likeness (QED) is 0.494. The summed E-state index contributed by atoms with van der Waals surface area (Å²) in [6, 6.07) is 13.9. The summed E-state index contributed by atoms with van der Waals surface area (Å²) in [4.78, 5) is 23.9. The van der Waals surface area contributed by atoms with Gasteiger partial charge in [0.15, 0.2) is 12.4 Å². The van der Waals surface area contributed by atoms with Crippen LogP contribution in [-0.2, 0) is 19.1 Å². The van der Waals surface area contributed by atoms with Crippen molar-refractivity contribution in [3.63, 3.8) is 0 Å². The third-order valence-electron chi connectivity index (χ3n) is 4.18. The van der Waals surface area contributed by atoms with E-state index in [4.69, 9.17) is 25.8 Å². The van der Waals surface area contributed by atoms with Gasteiger partial charge in [0.1, 0.15) is 5.75 Å². The predicted octanol–water partition coefficient (Wildman–Crippen LogP) is 2.96. The second kappa shape index (κ2) is 10.2. The molecule has 0 atom stereocenters. The highest BCUT2D eigenvalue weighted by Crippen LogP contribution is 2.22. The highest BCUT2D eigenvalue weighted by molar-refractivity contribution is 6.33. The molecule has 1 aliphatic rings. The summed E-state index contributed by atoms with van der Waals surface area (Å²) in [6.07, 6.45) is 1.57. The largest absolute Gasteiger partial charge is 0.484 e. The highest BCUT2D eigenvalue weighted by atomic mass is 35.5. The molecule has 0 bridgehead atoms. The van der Waals surface area contributed by atoms with Crippen molar-refractivity contribution in [2.24, 2.45) is 5.10 Å². The molecule has 8 nitrogen and oxygen atoms in total. The molecule has 158 valence electrons. The zero-order valence-electron chi connectivity index (χ0n) is 16.4. The van der Waals surface area contributed by atoms with Gasteiger partial charge >= 0.3 is 0 Å². The Morgan fingerprint density at radius 3 is 2.53 bits per heavy atom. The number of hydrogen-bond acceptors (Lipinski definition) is 6. The zero-order chi connectivity index (χ0) is 21.4. The zero-order valence-corrected chi connectivity index (χ0v) is 17.1. The maximum absolute atomic E-state index is 12.0. The van der Waals surface area contributed by atoms with Crippen LogP contribution in [0.1, 0.15) is 18.9 Å². The van der Waals surface area contributed by atoms with E-state index in [1.165, 1.54) is 6.21 Å². The molecule has 9 heteroatoms. The minimum atomic E-state index is -0.892. The maximum Gasteiger partial charge on any atom is 0.262 e. The van der Waals surface area contributed by atoms with Crippen molar-refractivity contribution in [3.8, 4) is 5.75 Å². The van der Waals surface area contributed by atoms with E-state index in [1.807, 2.05) is 0 Å². The lowest BCUT2D eigenvalue weighted by Gasteiger charge is -2.20. The lowest BCUT2D eigenvalue weighted by molar-refractivity contribution is -0.159. The number of benzene rings is 2. The Labute approximate surface area is 179 Å². The fraction of sp³-hybridized carbons (Fsp3) is 0.286. The summed E-state index contributed by atoms with van der Waals surface area (Å²) < 4.78 is 16.2. The van der Waals surface area contributed by atoms with Gasteiger partial charge in [-0.3, -0.25) is 9.59 Å². The van der Waals surface area contributed by atoms with Crippen LogP contribution in [0.5, 0.6) is 5.75 Å². The molecular weight excluding hydrogens is 410 g/mol. The third kappa shape index (κ3) is 6.55. The second-order valence-electron chi connectivity index (χ2n) is 6.69. The third-order valence-corrected chi connectivity index (χ3v) is 4.51. The number of rotatable bonds is 8. The molecular formula is C21H22ClN3O5. The first-order chi connectivity index (χ1) is 14.4. The summed E-state index contributed by atoms with van der Waals surface area (Å²) in [7, 11) is 0. The minimum absolute atomic E-state index is 0.0629. The number of ether oxygens (including phenoxy) is 3. The molecule has 3 rings (SSSR count). The number of nitrogens with one attached hydrogen (secondary N) is 2. The number of carbonyl (C=O) groups excluding carboxylic acids is 2. The Morgan fingerprint density at radius 1 is 1.13 bits per heavy atom. The van der Waals surface area contributed by atoms with Gasteiger partial charge in [0, 0.05) is 0 Å². The van der Waals surface area contributed by atoms with Crippen molar-refractivity contribution < 1.29 is 23.8 Å². The molecule has 0 spiro atoms. The van der Waals surface area contributed by atoms with Crippen LogP contribution in [0.3, 0.4) is 0 Å². The Bertz CT molecular complexity index is 911. The number of halogens is 1. The fourth-order valence-corrected chi connectivity index (χ4v) is 2.90. The first-order valence-electron chi connectivity index (χ1n) is 9.31. The van der Waals surface area contributed by atoms with Gasteiger partial charge in [0.2, 0.25) is 5.91 Å². The van der Waals surface area contributed by atoms with Crippen LogP contribution in [0, 0.1) is 0 Å². The van der Waals surface area contributed by atoms with Gasteiger partial charge in [-0.1, -0.05) is 23.7 Å². The molecule has 0 saturated carbocycles. The molecule has 2 aromatic carbocycles. The molecule has 0 aromatic heterocycles. The van der Waals surface area contributed by atoms with Gasteiger partial charge in [-0.2, -0.15) is 5.10 Å². The van der Waals surface area contributed by atoms with Crippen LogP contribution < -0.4 is 15.5 Å². The molecule has 0 unspecified atom stereocenters. The molecule has 2 amide bonds. The van der Waals surface area contributed by atoms with Crippen molar-refractivity contribution in [3.05, 3.63) is 59.1 Å².